The number of hydrogen-bond acceptors (Lipinski definition) is 7. The molecule has 1 heterocycles. The monoisotopic (exact) mass is 471 g/mol. The topological polar surface area (TPSA) is 81.7 Å². The molecule has 0 bridgehead atoms. The molecule has 3 rings (SSSR count). The van der Waals surface area contributed by atoms with Gasteiger partial charge in [-0.2, -0.15) is 0 Å². The number of nitrogens with zero attached hydrogens (tertiary/aromatic N) is 1. The van der Waals surface area contributed by atoms with Crippen LogP contribution < -0.4 is 24.8 Å². The molecule has 0 fully saturated rings. The molecule has 0 aliphatic rings. The molecule has 2 N–H and O–H groups in total. The first-order chi connectivity index (χ1) is 15.5. The first kappa shape index (κ1) is 23.5. The Labute approximate surface area is 196 Å². The van der Waals surface area contributed by atoms with Crippen LogP contribution in [0.15, 0.2) is 47.8 Å². The summed E-state index contributed by atoms with van der Waals surface area (Å²) in [6, 6.07) is 13.1. The highest BCUT2D eigenvalue weighted by Gasteiger charge is 2.19. The van der Waals surface area contributed by atoms with Gasteiger partial charge in [-0.3, -0.25) is 10.1 Å². The second-order valence-electron chi connectivity index (χ2n) is 6.41. The highest BCUT2D eigenvalue weighted by Crippen LogP contribution is 2.39. The van der Waals surface area contributed by atoms with Gasteiger partial charge < -0.3 is 19.5 Å². The smallest absolute Gasteiger partial charge is 0.257 e. The van der Waals surface area contributed by atoms with Crippen molar-refractivity contribution in [3.63, 3.8) is 0 Å². The van der Waals surface area contributed by atoms with E-state index in [-0.39, 0.29) is 5.11 Å². The maximum absolute atomic E-state index is 12.8. The van der Waals surface area contributed by atoms with Crippen molar-refractivity contribution in [2.75, 3.05) is 25.1 Å². The molecular weight excluding hydrogens is 446 g/mol. The molecule has 32 heavy (non-hydrogen) atoms. The normalized spacial score (nSPS) is 10.3. The number of ether oxygens (including phenoxy) is 3. The molecular formula is C23H25N3O4S2. The van der Waals surface area contributed by atoms with E-state index >= 15 is 0 Å². The number of amides is 1. The lowest BCUT2D eigenvalue weighted by Crippen LogP contribution is -2.34. The molecule has 1 aromatic heterocycles. The van der Waals surface area contributed by atoms with Crippen LogP contribution in [0.3, 0.4) is 0 Å². The summed E-state index contributed by atoms with van der Waals surface area (Å²) in [6.07, 6.45) is 0. The summed E-state index contributed by atoms with van der Waals surface area (Å²) >= 11 is 6.71. The molecule has 3 aromatic rings. The third kappa shape index (κ3) is 5.95. The molecule has 0 saturated heterocycles. The van der Waals surface area contributed by atoms with Gasteiger partial charge in [0.1, 0.15) is 0 Å². The molecule has 1 amide bonds. The van der Waals surface area contributed by atoms with E-state index < -0.39 is 5.91 Å². The van der Waals surface area contributed by atoms with Gasteiger partial charge in [0, 0.05) is 16.5 Å². The van der Waals surface area contributed by atoms with Gasteiger partial charge in [0.05, 0.1) is 25.5 Å². The summed E-state index contributed by atoms with van der Waals surface area (Å²) in [6.45, 7) is 6.88. The number of benzene rings is 2. The molecule has 168 valence electrons. The van der Waals surface area contributed by atoms with Gasteiger partial charge >= 0.3 is 0 Å². The Morgan fingerprint density at radius 2 is 1.62 bits per heavy atom. The van der Waals surface area contributed by atoms with Crippen molar-refractivity contribution >= 4 is 39.7 Å². The predicted octanol–water partition coefficient (Wildman–Crippen LogP) is 5.13. The molecule has 0 saturated carbocycles. The van der Waals surface area contributed by atoms with Crippen molar-refractivity contribution < 1.29 is 19.0 Å². The summed E-state index contributed by atoms with van der Waals surface area (Å²) in [5.41, 5.74) is 2.18. The van der Waals surface area contributed by atoms with E-state index in [0.29, 0.717) is 47.8 Å². The van der Waals surface area contributed by atoms with Crippen molar-refractivity contribution in [3.05, 3.63) is 53.4 Å². The van der Waals surface area contributed by atoms with Crippen LogP contribution in [0.4, 0.5) is 5.13 Å². The van der Waals surface area contributed by atoms with Crippen molar-refractivity contribution in [2.45, 2.75) is 20.8 Å². The predicted molar refractivity (Wildman–Crippen MR) is 131 cm³/mol. The van der Waals surface area contributed by atoms with Crippen molar-refractivity contribution in [1.82, 2.24) is 10.3 Å². The summed E-state index contributed by atoms with van der Waals surface area (Å²) in [5.74, 6) is 0.963. The number of nitrogens with one attached hydrogen (secondary N) is 2. The van der Waals surface area contributed by atoms with E-state index in [4.69, 9.17) is 26.4 Å². The number of thiocarbonyl (C=S) groups is 1. The highest BCUT2D eigenvalue weighted by atomic mass is 32.1. The molecule has 0 atom stereocenters. The van der Waals surface area contributed by atoms with Gasteiger partial charge in [-0.1, -0.05) is 30.3 Å². The first-order valence-corrected chi connectivity index (χ1v) is 11.5. The highest BCUT2D eigenvalue weighted by molar-refractivity contribution is 7.80. The third-order valence-electron chi connectivity index (χ3n) is 4.19. The largest absolute Gasteiger partial charge is 0.490 e. The van der Waals surface area contributed by atoms with Crippen molar-refractivity contribution in [1.29, 1.82) is 0 Å². The minimum atomic E-state index is -0.396. The minimum Gasteiger partial charge on any atom is -0.490 e. The Morgan fingerprint density at radius 1 is 1.00 bits per heavy atom. The zero-order valence-corrected chi connectivity index (χ0v) is 19.8. The standard InChI is InChI=1S/C23H25N3O4S2/c1-4-28-18-12-16(13-19(29-5-2)20(18)30-6-3)21(27)25-22(31)26-23-24-17(14-32-23)15-10-8-7-9-11-15/h7-14H,4-6H2,1-3H3,(H2,24,25,26,27,31). The fourth-order valence-corrected chi connectivity index (χ4v) is 3.87. The molecule has 0 spiro atoms. The lowest BCUT2D eigenvalue weighted by Gasteiger charge is -2.17. The van der Waals surface area contributed by atoms with E-state index in [9.17, 15) is 4.79 Å². The second-order valence-corrected chi connectivity index (χ2v) is 7.68. The molecule has 7 nitrogen and oxygen atoms in total. The Kier molecular flexibility index (Phi) is 8.41. The molecule has 2 aromatic carbocycles. The maximum atomic E-state index is 12.8. The quantitative estimate of drug-likeness (QED) is 0.419. The summed E-state index contributed by atoms with van der Waals surface area (Å²) < 4.78 is 17.0. The van der Waals surface area contributed by atoms with Crippen LogP contribution in [0.25, 0.3) is 11.3 Å². The van der Waals surface area contributed by atoms with Gasteiger partial charge in [-0.15, -0.1) is 11.3 Å². The van der Waals surface area contributed by atoms with Crippen LogP contribution in [0.1, 0.15) is 31.1 Å². The van der Waals surface area contributed by atoms with Crippen LogP contribution in [-0.4, -0.2) is 35.8 Å². The maximum Gasteiger partial charge on any atom is 0.257 e. The summed E-state index contributed by atoms with van der Waals surface area (Å²) in [5, 5.41) is 8.31. The van der Waals surface area contributed by atoms with E-state index in [1.165, 1.54) is 11.3 Å². The van der Waals surface area contributed by atoms with Crippen LogP contribution in [0.2, 0.25) is 0 Å². The van der Waals surface area contributed by atoms with Crippen LogP contribution in [0.5, 0.6) is 17.2 Å². The Balaban J connectivity index is 1.73. The number of thiazole rings is 1. The number of rotatable bonds is 9. The van der Waals surface area contributed by atoms with Gasteiger partial charge in [0.2, 0.25) is 5.75 Å². The van der Waals surface area contributed by atoms with E-state index in [1.807, 2.05) is 56.5 Å². The summed E-state index contributed by atoms with van der Waals surface area (Å²) in [4.78, 5) is 17.4. The first-order valence-electron chi connectivity index (χ1n) is 10.2. The molecule has 0 radical (unpaired) electrons. The fraction of sp³-hybridized carbons (Fsp3) is 0.261. The molecule has 9 heteroatoms. The zero-order valence-electron chi connectivity index (χ0n) is 18.1. The van der Waals surface area contributed by atoms with Gasteiger partial charge in [0.25, 0.3) is 5.91 Å². The number of anilines is 1. The molecule has 0 aliphatic carbocycles. The number of hydrogen-bond donors (Lipinski definition) is 2. The second kappa shape index (κ2) is 11.4. The lowest BCUT2D eigenvalue weighted by atomic mass is 10.1. The summed E-state index contributed by atoms with van der Waals surface area (Å²) in [7, 11) is 0. The Hall–Kier alpha value is -3.17. The average Bonchev–Trinajstić information content (AvgIpc) is 3.25. The number of aromatic nitrogens is 1. The SMILES string of the molecule is CCOc1cc(C(=O)NC(=S)Nc2nc(-c3ccccc3)cs2)cc(OCC)c1OCC. The minimum absolute atomic E-state index is 0.147. The number of carbonyl (C=O) groups excluding carboxylic acids is 1. The van der Waals surface area contributed by atoms with E-state index in [2.05, 4.69) is 15.6 Å². The Bertz CT molecular complexity index is 1040. The van der Waals surface area contributed by atoms with E-state index in [1.54, 1.807) is 12.1 Å². The third-order valence-corrected chi connectivity index (χ3v) is 5.15. The molecule has 0 unspecified atom stereocenters. The van der Waals surface area contributed by atoms with Gasteiger partial charge in [-0.25, -0.2) is 4.98 Å². The van der Waals surface area contributed by atoms with Gasteiger partial charge in [0.15, 0.2) is 21.7 Å². The van der Waals surface area contributed by atoms with Crippen molar-refractivity contribution in [3.8, 4) is 28.5 Å². The van der Waals surface area contributed by atoms with Crippen LogP contribution >= 0.6 is 23.6 Å². The Morgan fingerprint density at radius 3 is 2.22 bits per heavy atom. The van der Waals surface area contributed by atoms with Crippen LogP contribution in [-0.2, 0) is 0 Å². The van der Waals surface area contributed by atoms with Crippen molar-refractivity contribution in [2.24, 2.45) is 0 Å². The van der Waals surface area contributed by atoms with Crippen LogP contribution in [0, 0.1) is 0 Å². The van der Waals surface area contributed by atoms with Gasteiger partial charge in [-0.05, 0) is 45.1 Å². The molecule has 0 aliphatic heterocycles. The van der Waals surface area contributed by atoms with E-state index in [0.717, 1.165) is 11.3 Å². The fourth-order valence-electron chi connectivity index (χ4n) is 2.90. The average molecular weight is 472 g/mol. The zero-order chi connectivity index (χ0) is 22.9. The number of carbonyl (C=O) groups is 1. The lowest BCUT2D eigenvalue weighted by molar-refractivity contribution is 0.0976.